The van der Waals surface area contributed by atoms with Crippen molar-refractivity contribution in [3.05, 3.63) is 0 Å². The zero-order valence-corrected chi connectivity index (χ0v) is 7.10. The van der Waals surface area contributed by atoms with Crippen LogP contribution in [0.2, 0.25) is 0 Å². The molecule has 0 spiro atoms. The molecule has 0 saturated heterocycles. The molecule has 0 aromatic heterocycles. The first kappa shape index (κ1) is 9.92. The molecule has 0 heterocycles. The lowest BCUT2D eigenvalue weighted by atomic mass is 10.1. The van der Waals surface area contributed by atoms with E-state index >= 15 is 0 Å². The topological polar surface area (TPSA) is 35.2 Å². The van der Waals surface area contributed by atoms with Crippen LogP contribution in [0.25, 0.3) is 0 Å². The molecule has 0 aliphatic heterocycles. The zero-order chi connectivity index (χ0) is 7.82. The van der Waals surface area contributed by atoms with Gasteiger partial charge in [-0.1, -0.05) is 26.2 Å². The van der Waals surface area contributed by atoms with Crippen molar-refractivity contribution in [2.24, 2.45) is 5.73 Å². The molecular formula is C8H19NO. The largest absolute Gasteiger partial charge is 0.380 e. The summed E-state index contributed by atoms with van der Waals surface area (Å²) < 4.78 is 5.12. The van der Waals surface area contributed by atoms with Gasteiger partial charge in [-0.25, -0.2) is 0 Å². The van der Waals surface area contributed by atoms with Crippen LogP contribution in [0.5, 0.6) is 0 Å². The Labute approximate surface area is 63.7 Å². The van der Waals surface area contributed by atoms with Crippen LogP contribution < -0.4 is 5.73 Å². The summed E-state index contributed by atoms with van der Waals surface area (Å²) in [6, 6.07) is 0. The predicted molar refractivity (Wildman–Crippen MR) is 44.0 cm³/mol. The SMILES string of the molecule is CCCCCC(CN)OC. The maximum atomic E-state index is 5.44. The molecular weight excluding hydrogens is 126 g/mol. The highest BCUT2D eigenvalue weighted by atomic mass is 16.5. The lowest BCUT2D eigenvalue weighted by Crippen LogP contribution is -2.21. The van der Waals surface area contributed by atoms with Gasteiger partial charge in [-0.3, -0.25) is 0 Å². The van der Waals surface area contributed by atoms with E-state index in [2.05, 4.69) is 6.92 Å². The quantitative estimate of drug-likeness (QED) is 0.575. The Bertz CT molecular complexity index is 62.3. The second-order valence-electron chi connectivity index (χ2n) is 2.59. The fourth-order valence-electron chi connectivity index (χ4n) is 0.954. The third-order valence-electron chi connectivity index (χ3n) is 1.73. The summed E-state index contributed by atoms with van der Waals surface area (Å²) in [6.45, 7) is 2.85. The Balaban J connectivity index is 3.09. The van der Waals surface area contributed by atoms with Crippen molar-refractivity contribution in [3.63, 3.8) is 0 Å². The van der Waals surface area contributed by atoms with E-state index in [0.717, 1.165) is 6.42 Å². The van der Waals surface area contributed by atoms with E-state index < -0.39 is 0 Å². The Kier molecular flexibility index (Phi) is 6.98. The van der Waals surface area contributed by atoms with Gasteiger partial charge in [-0.15, -0.1) is 0 Å². The highest BCUT2D eigenvalue weighted by Crippen LogP contribution is 2.04. The first-order valence-electron chi connectivity index (χ1n) is 4.08. The number of hydrogen-bond acceptors (Lipinski definition) is 2. The Hall–Kier alpha value is -0.0800. The highest BCUT2D eigenvalue weighted by molar-refractivity contribution is 4.56. The van der Waals surface area contributed by atoms with Crippen LogP contribution in [-0.4, -0.2) is 19.8 Å². The molecule has 10 heavy (non-hydrogen) atoms. The highest BCUT2D eigenvalue weighted by Gasteiger charge is 2.01. The molecule has 62 valence electrons. The Morgan fingerprint density at radius 2 is 2.10 bits per heavy atom. The van der Waals surface area contributed by atoms with Gasteiger partial charge in [0, 0.05) is 13.7 Å². The second-order valence-corrected chi connectivity index (χ2v) is 2.59. The average Bonchev–Trinajstić information content (AvgIpc) is 1.99. The molecule has 0 rings (SSSR count). The molecule has 2 N–H and O–H groups in total. The molecule has 0 radical (unpaired) electrons. The minimum absolute atomic E-state index is 0.284. The molecule has 0 aromatic rings. The normalized spacial score (nSPS) is 13.5. The van der Waals surface area contributed by atoms with E-state index in [0.29, 0.717) is 6.54 Å². The minimum Gasteiger partial charge on any atom is -0.380 e. The molecule has 0 aliphatic rings. The van der Waals surface area contributed by atoms with Crippen LogP contribution in [0.4, 0.5) is 0 Å². The fraction of sp³-hybridized carbons (Fsp3) is 1.00. The summed E-state index contributed by atoms with van der Waals surface area (Å²) in [4.78, 5) is 0. The van der Waals surface area contributed by atoms with E-state index in [4.69, 9.17) is 10.5 Å². The molecule has 0 aliphatic carbocycles. The number of ether oxygens (including phenoxy) is 1. The van der Waals surface area contributed by atoms with Gasteiger partial charge in [0.2, 0.25) is 0 Å². The summed E-state index contributed by atoms with van der Waals surface area (Å²) in [5, 5.41) is 0. The van der Waals surface area contributed by atoms with Crippen molar-refractivity contribution in [1.82, 2.24) is 0 Å². The Morgan fingerprint density at radius 1 is 1.40 bits per heavy atom. The van der Waals surface area contributed by atoms with Crippen LogP contribution in [0, 0.1) is 0 Å². The molecule has 2 heteroatoms. The minimum atomic E-state index is 0.284. The number of nitrogens with two attached hydrogens (primary N) is 1. The molecule has 2 nitrogen and oxygen atoms in total. The molecule has 0 aromatic carbocycles. The number of methoxy groups -OCH3 is 1. The van der Waals surface area contributed by atoms with Crippen molar-refractivity contribution in [2.45, 2.75) is 38.7 Å². The summed E-state index contributed by atoms with van der Waals surface area (Å²) >= 11 is 0. The predicted octanol–water partition coefficient (Wildman–Crippen LogP) is 1.54. The maximum Gasteiger partial charge on any atom is 0.0693 e. The summed E-state index contributed by atoms with van der Waals surface area (Å²) in [5.41, 5.74) is 5.44. The number of hydrogen-bond donors (Lipinski definition) is 1. The average molecular weight is 145 g/mol. The lowest BCUT2D eigenvalue weighted by Gasteiger charge is -2.11. The van der Waals surface area contributed by atoms with Crippen LogP contribution in [0.15, 0.2) is 0 Å². The zero-order valence-electron chi connectivity index (χ0n) is 7.10. The molecule has 0 saturated carbocycles. The first-order chi connectivity index (χ1) is 4.85. The first-order valence-corrected chi connectivity index (χ1v) is 4.08. The van der Waals surface area contributed by atoms with Crippen LogP contribution in [0.3, 0.4) is 0 Å². The van der Waals surface area contributed by atoms with Crippen LogP contribution >= 0.6 is 0 Å². The van der Waals surface area contributed by atoms with Gasteiger partial charge in [-0.2, -0.15) is 0 Å². The van der Waals surface area contributed by atoms with Gasteiger partial charge in [0.05, 0.1) is 6.10 Å². The van der Waals surface area contributed by atoms with Crippen molar-refractivity contribution >= 4 is 0 Å². The van der Waals surface area contributed by atoms with E-state index in [9.17, 15) is 0 Å². The summed E-state index contributed by atoms with van der Waals surface area (Å²) in [6.07, 6.45) is 5.19. The Morgan fingerprint density at radius 3 is 2.50 bits per heavy atom. The third kappa shape index (κ3) is 4.77. The fourth-order valence-corrected chi connectivity index (χ4v) is 0.954. The van der Waals surface area contributed by atoms with Gasteiger partial charge in [-0.05, 0) is 6.42 Å². The smallest absolute Gasteiger partial charge is 0.0693 e. The molecule has 0 amide bonds. The monoisotopic (exact) mass is 145 g/mol. The van der Waals surface area contributed by atoms with Gasteiger partial charge >= 0.3 is 0 Å². The molecule has 1 atom stereocenters. The van der Waals surface area contributed by atoms with Crippen LogP contribution in [0.1, 0.15) is 32.6 Å². The van der Waals surface area contributed by atoms with Gasteiger partial charge in [0.1, 0.15) is 0 Å². The van der Waals surface area contributed by atoms with E-state index in [1.807, 2.05) is 0 Å². The second kappa shape index (κ2) is 7.03. The molecule has 0 fully saturated rings. The maximum absolute atomic E-state index is 5.44. The van der Waals surface area contributed by atoms with E-state index in [-0.39, 0.29) is 6.10 Å². The summed E-state index contributed by atoms with van der Waals surface area (Å²) in [7, 11) is 1.73. The number of unbranched alkanes of at least 4 members (excludes halogenated alkanes) is 2. The lowest BCUT2D eigenvalue weighted by molar-refractivity contribution is 0.0997. The van der Waals surface area contributed by atoms with Crippen molar-refractivity contribution < 1.29 is 4.74 Å². The molecule has 0 bridgehead atoms. The van der Waals surface area contributed by atoms with E-state index in [1.165, 1.54) is 19.3 Å². The third-order valence-corrected chi connectivity index (χ3v) is 1.73. The standard InChI is InChI=1S/C8H19NO/c1-3-4-5-6-8(7-9)10-2/h8H,3-7,9H2,1-2H3. The van der Waals surface area contributed by atoms with Crippen molar-refractivity contribution in [2.75, 3.05) is 13.7 Å². The summed E-state index contributed by atoms with van der Waals surface area (Å²) in [5.74, 6) is 0. The van der Waals surface area contributed by atoms with Crippen LogP contribution in [-0.2, 0) is 4.74 Å². The van der Waals surface area contributed by atoms with E-state index in [1.54, 1.807) is 7.11 Å². The van der Waals surface area contributed by atoms with Gasteiger partial charge in [0.15, 0.2) is 0 Å². The number of rotatable bonds is 6. The van der Waals surface area contributed by atoms with Crippen molar-refractivity contribution in [1.29, 1.82) is 0 Å². The molecule has 1 unspecified atom stereocenters. The van der Waals surface area contributed by atoms with Gasteiger partial charge in [0.25, 0.3) is 0 Å². The van der Waals surface area contributed by atoms with Crippen molar-refractivity contribution in [3.8, 4) is 0 Å². The van der Waals surface area contributed by atoms with Gasteiger partial charge < -0.3 is 10.5 Å².